The van der Waals surface area contributed by atoms with E-state index in [-0.39, 0.29) is 10.8 Å². The highest BCUT2D eigenvalue weighted by Crippen LogP contribution is 2.15. The van der Waals surface area contributed by atoms with Crippen molar-refractivity contribution in [2.45, 2.75) is 19.4 Å². The molecule has 1 aromatic carbocycles. The molecule has 4 heteroatoms. The van der Waals surface area contributed by atoms with E-state index in [1.165, 1.54) is 6.07 Å². The summed E-state index contributed by atoms with van der Waals surface area (Å²) in [6.07, 6.45) is 2.28. The second-order valence-corrected chi connectivity index (χ2v) is 4.52. The molecule has 0 saturated heterocycles. The van der Waals surface area contributed by atoms with Gasteiger partial charge in [-0.15, -0.1) is 0 Å². The van der Waals surface area contributed by atoms with Gasteiger partial charge >= 0.3 is 0 Å². The van der Waals surface area contributed by atoms with E-state index in [1.807, 2.05) is 6.07 Å². The van der Waals surface area contributed by atoms with Gasteiger partial charge in [-0.3, -0.25) is 0 Å². The Labute approximate surface area is 103 Å². The molecule has 0 amide bonds. The summed E-state index contributed by atoms with van der Waals surface area (Å²) >= 11 is 8.95. The van der Waals surface area contributed by atoms with E-state index < -0.39 is 0 Å². The third kappa shape index (κ3) is 4.96. The number of hydrogen-bond donors (Lipinski definition) is 1. The average Bonchev–Trinajstić information content (AvgIpc) is 2.23. The predicted octanol–water partition coefficient (Wildman–Crippen LogP) is 3.74. The maximum absolute atomic E-state index is 13.0. The monoisotopic (exact) mass is 293 g/mol. The number of hydrogen-bond acceptors (Lipinski definition) is 1. The number of benzene rings is 1. The quantitative estimate of drug-likeness (QED) is 0.622. The third-order valence-electron chi connectivity index (χ3n) is 2.05. The van der Waals surface area contributed by atoms with Crippen LogP contribution in [0.5, 0.6) is 0 Å². The van der Waals surface area contributed by atoms with Crippen LogP contribution in [-0.2, 0) is 6.54 Å². The molecule has 1 rings (SSSR count). The molecule has 0 atom stereocenters. The first-order valence-corrected chi connectivity index (χ1v) is 6.44. The SMILES string of the molecule is Fc1cc(CNCCCCBr)ccc1Cl. The molecule has 0 spiro atoms. The molecule has 1 aromatic rings. The summed E-state index contributed by atoms with van der Waals surface area (Å²) in [5.74, 6) is -0.351. The number of rotatable bonds is 6. The Hall–Kier alpha value is -0.120. The van der Waals surface area contributed by atoms with E-state index >= 15 is 0 Å². The fraction of sp³-hybridized carbons (Fsp3) is 0.455. The van der Waals surface area contributed by atoms with Crippen molar-refractivity contribution in [2.75, 3.05) is 11.9 Å². The largest absolute Gasteiger partial charge is 0.313 e. The Morgan fingerprint density at radius 1 is 1.33 bits per heavy atom. The van der Waals surface area contributed by atoms with Crippen LogP contribution in [-0.4, -0.2) is 11.9 Å². The lowest BCUT2D eigenvalue weighted by Gasteiger charge is -2.04. The number of nitrogens with one attached hydrogen (secondary N) is 1. The first-order chi connectivity index (χ1) is 7.24. The Balaban J connectivity index is 2.28. The normalized spacial score (nSPS) is 10.6. The van der Waals surface area contributed by atoms with Crippen LogP contribution < -0.4 is 5.32 Å². The second kappa shape index (κ2) is 7.20. The zero-order chi connectivity index (χ0) is 11.1. The Bertz CT molecular complexity index is 307. The summed E-state index contributed by atoms with van der Waals surface area (Å²) < 4.78 is 13.0. The summed E-state index contributed by atoms with van der Waals surface area (Å²) in [5, 5.41) is 4.46. The smallest absolute Gasteiger partial charge is 0.142 e. The minimum Gasteiger partial charge on any atom is -0.313 e. The Kier molecular flexibility index (Phi) is 6.22. The minimum atomic E-state index is -0.351. The fourth-order valence-corrected chi connectivity index (χ4v) is 1.74. The molecule has 0 heterocycles. The minimum absolute atomic E-state index is 0.179. The lowest BCUT2D eigenvalue weighted by atomic mass is 10.2. The zero-order valence-electron chi connectivity index (χ0n) is 8.40. The van der Waals surface area contributed by atoms with Gasteiger partial charge in [0.25, 0.3) is 0 Å². The van der Waals surface area contributed by atoms with E-state index in [0.717, 1.165) is 30.3 Å². The van der Waals surface area contributed by atoms with Crippen LogP contribution in [0.25, 0.3) is 0 Å². The summed E-state index contributed by atoms with van der Waals surface area (Å²) in [6, 6.07) is 4.90. The van der Waals surface area contributed by atoms with Crippen LogP contribution in [0.3, 0.4) is 0 Å². The van der Waals surface area contributed by atoms with Crippen LogP contribution in [0.2, 0.25) is 5.02 Å². The number of alkyl halides is 1. The molecule has 0 aliphatic carbocycles. The molecule has 0 aromatic heterocycles. The molecule has 0 aliphatic heterocycles. The summed E-state index contributed by atoms with van der Waals surface area (Å²) in [6.45, 7) is 1.65. The van der Waals surface area contributed by atoms with Gasteiger partial charge in [0.05, 0.1) is 5.02 Å². The van der Waals surface area contributed by atoms with Gasteiger partial charge in [0.15, 0.2) is 0 Å². The van der Waals surface area contributed by atoms with Crippen molar-refractivity contribution in [3.05, 3.63) is 34.6 Å². The zero-order valence-corrected chi connectivity index (χ0v) is 10.7. The van der Waals surface area contributed by atoms with Crippen LogP contribution >= 0.6 is 27.5 Å². The van der Waals surface area contributed by atoms with Crippen molar-refractivity contribution >= 4 is 27.5 Å². The molecule has 0 radical (unpaired) electrons. The molecular weight excluding hydrogens is 280 g/mol. The lowest BCUT2D eigenvalue weighted by molar-refractivity contribution is 0.615. The Morgan fingerprint density at radius 2 is 2.13 bits per heavy atom. The average molecular weight is 295 g/mol. The molecule has 0 saturated carbocycles. The molecule has 0 aliphatic rings. The Morgan fingerprint density at radius 3 is 2.80 bits per heavy atom. The van der Waals surface area contributed by atoms with Crippen LogP contribution in [0.4, 0.5) is 4.39 Å². The molecular formula is C11H14BrClFN. The highest BCUT2D eigenvalue weighted by Gasteiger charge is 2.00. The van der Waals surface area contributed by atoms with Crippen LogP contribution in [0, 0.1) is 5.82 Å². The van der Waals surface area contributed by atoms with Crippen molar-refractivity contribution in [3.8, 4) is 0 Å². The van der Waals surface area contributed by atoms with E-state index in [2.05, 4.69) is 21.2 Å². The maximum Gasteiger partial charge on any atom is 0.142 e. The van der Waals surface area contributed by atoms with E-state index in [9.17, 15) is 4.39 Å². The summed E-state index contributed by atoms with van der Waals surface area (Å²) in [4.78, 5) is 0. The van der Waals surface area contributed by atoms with Gasteiger partial charge in [0.2, 0.25) is 0 Å². The van der Waals surface area contributed by atoms with Gasteiger partial charge in [-0.25, -0.2) is 4.39 Å². The molecule has 0 fully saturated rings. The van der Waals surface area contributed by atoms with Crippen LogP contribution in [0.15, 0.2) is 18.2 Å². The molecule has 15 heavy (non-hydrogen) atoms. The molecule has 84 valence electrons. The van der Waals surface area contributed by atoms with Crippen molar-refractivity contribution in [1.29, 1.82) is 0 Å². The highest BCUT2D eigenvalue weighted by molar-refractivity contribution is 9.09. The molecule has 1 N–H and O–H groups in total. The number of unbranched alkanes of at least 4 members (excludes halogenated alkanes) is 1. The first kappa shape index (κ1) is 12.9. The maximum atomic E-state index is 13.0. The third-order valence-corrected chi connectivity index (χ3v) is 2.92. The van der Waals surface area contributed by atoms with Crippen molar-refractivity contribution in [2.24, 2.45) is 0 Å². The summed E-state index contributed by atoms with van der Waals surface area (Å²) in [7, 11) is 0. The molecule has 1 nitrogen and oxygen atoms in total. The fourth-order valence-electron chi connectivity index (χ4n) is 1.23. The van der Waals surface area contributed by atoms with Crippen LogP contribution in [0.1, 0.15) is 18.4 Å². The van der Waals surface area contributed by atoms with Crippen molar-refractivity contribution in [1.82, 2.24) is 5.32 Å². The predicted molar refractivity (Wildman–Crippen MR) is 66.1 cm³/mol. The topological polar surface area (TPSA) is 12.0 Å². The van der Waals surface area contributed by atoms with Gasteiger partial charge in [-0.05, 0) is 37.1 Å². The van der Waals surface area contributed by atoms with Gasteiger partial charge in [0, 0.05) is 11.9 Å². The van der Waals surface area contributed by atoms with Crippen molar-refractivity contribution in [3.63, 3.8) is 0 Å². The van der Waals surface area contributed by atoms with Crippen molar-refractivity contribution < 1.29 is 4.39 Å². The van der Waals surface area contributed by atoms with Gasteiger partial charge in [-0.1, -0.05) is 33.6 Å². The second-order valence-electron chi connectivity index (χ2n) is 3.32. The standard InChI is InChI=1S/C11H14BrClFN/c12-5-1-2-6-15-8-9-3-4-10(13)11(14)7-9/h3-4,7,15H,1-2,5-6,8H2. The molecule has 0 unspecified atom stereocenters. The van der Waals surface area contributed by atoms with Gasteiger partial charge in [0.1, 0.15) is 5.82 Å². The van der Waals surface area contributed by atoms with Gasteiger partial charge in [-0.2, -0.15) is 0 Å². The first-order valence-electron chi connectivity index (χ1n) is 4.94. The van der Waals surface area contributed by atoms with Gasteiger partial charge < -0.3 is 5.32 Å². The highest BCUT2D eigenvalue weighted by atomic mass is 79.9. The van der Waals surface area contributed by atoms with E-state index in [0.29, 0.717) is 6.54 Å². The molecule has 0 bridgehead atoms. The number of halogens is 3. The van der Waals surface area contributed by atoms with E-state index in [4.69, 9.17) is 11.6 Å². The lowest BCUT2D eigenvalue weighted by Crippen LogP contribution is -2.14. The van der Waals surface area contributed by atoms with E-state index in [1.54, 1.807) is 6.07 Å². The summed E-state index contributed by atoms with van der Waals surface area (Å²) in [5.41, 5.74) is 0.927.